The molecular weight excluding hydrogens is 232 g/mol. The molecule has 5 nitrogen and oxygen atoms in total. The van der Waals surface area contributed by atoms with E-state index in [0.717, 1.165) is 38.0 Å². The van der Waals surface area contributed by atoms with Gasteiger partial charge >= 0.3 is 5.97 Å². The Morgan fingerprint density at radius 2 is 2.28 bits per heavy atom. The van der Waals surface area contributed by atoms with Crippen LogP contribution < -0.4 is 5.32 Å². The lowest BCUT2D eigenvalue weighted by Gasteiger charge is -2.33. The van der Waals surface area contributed by atoms with Crippen LogP contribution in [0.3, 0.4) is 0 Å². The van der Waals surface area contributed by atoms with Gasteiger partial charge in [0.25, 0.3) is 0 Å². The summed E-state index contributed by atoms with van der Waals surface area (Å²) >= 11 is 0. The number of rotatable bonds is 5. The number of hydrogen-bond donors (Lipinski definition) is 2. The van der Waals surface area contributed by atoms with E-state index < -0.39 is 5.97 Å². The first kappa shape index (κ1) is 13.1. The zero-order chi connectivity index (χ0) is 13.0. The van der Waals surface area contributed by atoms with E-state index in [1.807, 2.05) is 0 Å². The number of nitrogens with zero attached hydrogens (tertiary/aromatic N) is 1. The number of nitrogens with one attached hydrogen (secondary N) is 1. The van der Waals surface area contributed by atoms with Crippen LogP contribution in [0.4, 0.5) is 0 Å². The highest BCUT2D eigenvalue weighted by Gasteiger charge is 2.22. The highest BCUT2D eigenvalue weighted by Crippen LogP contribution is 2.18. The van der Waals surface area contributed by atoms with Gasteiger partial charge in [-0.05, 0) is 38.5 Å². The summed E-state index contributed by atoms with van der Waals surface area (Å²) in [5.41, 5.74) is 0.767. The van der Waals surface area contributed by atoms with Crippen molar-refractivity contribution >= 4 is 5.97 Å². The highest BCUT2D eigenvalue weighted by atomic mass is 16.4. The first-order chi connectivity index (χ1) is 8.72. The smallest absolute Gasteiger partial charge is 0.372 e. The number of carboxylic acids is 1. The maximum atomic E-state index is 11.0. The van der Waals surface area contributed by atoms with Crippen molar-refractivity contribution in [1.82, 2.24) is 10.2 Å². The van der Waals surface area contributed by atoms with Gasteiger partial charge in [-0.15, -0.1) is 0 Å². The molecule has 100 valence electrons. The minimum atomic E-state index is -0.989. The summed E-state index contributed by atoms with van der Waals surface area (Å²) in [6, 6.07) is 2.29. The molecule has 0 bridgehead atoms. The Morgan fingerprint density at radius 1 is 1.56 bits per heavy atom. The summed E-state index contributed by atoms with van der Waals surface area (Å²) in [5.74, 6) is -0.918. The van der Waals surface area contributed by atoms with Crippen molar-refractivity contribution in [2.45, 2.75) is 32.4 Å². The van der Waals surface area contributed by atoms with E-state index in [1.165, 1.54) is 6.26 Å². The third kappa shape index (κ3) is 2.91. The Balaban J connectivity index is 2.04. The van der Waals surface area contributed by atoms with Crippen LogP contribution >= 0.6 is 0 Å². The second-order valence-corrected chi connectivity index (χ2v) is 4.62. The highest BCUT2D eigenvalue weighted by molar-refractivity contribution is 5.86. The lowest BCUT2D eigenvalue weighted by molar-refractivity contribution is 0.0657. The van der Waals surface area contributed by atoms with Crippen LogP contribution in [0.25, 0.3) is 0 Å². The fraction of sp³-hybridized carbons (Fsp3) is 0.615. The SMILES string of the molecule is CCN(Cc1ccoc1C(=O)O)C1CCNCC1. The number of hydrogen-bond acceptors (Lipinski definition) is 4. The number of piperidine rings is 1. The third-order valence-electron chi connectivity index (χ3n) is 3.55. The van der Waals surface area contributed by atoms with Crippen molar-refractivity contribution in [2.24, 2.45) is 0 Å². The second-order valence-electron chi connectivity index (χ2n) is 4.62. The molecule has 1 aliphatic rings. The van der Waals surface area contributed by atoms with Gasteiger partial charge in [-0.2, -0.15) is 0 Å². The maximum Gasteiger partial charge on any atom is 0.372 e. The molecule has 1 fully saturated rings. The monoisotopic (exact) mass is 252 g/mol. The molecule has 5 heteroatoms. The van der Waals surface area contributed by atoms with E-state index in [0.29, 0.717) is 12.6 Å². The fourth-order valence-electron chi connectivity index (χ4n) is 2.54. The minimum Gasteiger partial charge on any atom is -0.475 e. The van der Waals surface area contributed by atoms with Crippen LogP contribution in [-0.4, -0.2) is 41.7 Å². The number of furan rings is 1. The Bertz CT molecular complexity index is 397. The molecule has 0 saturated carbocycles. The van der Waals surface area contributed by atoms with E-state index in [1.54, 1.807) is 6.07 Å². The molecule has 1 aromatic heterocycles. The van der Waals surface area contributed by atoms with Crippen LogP contribution in [0, 0.1) is 0 Å². The average molecular weight is 252 g/mol. The van der Waals surface area contributed by atoms with Crippen molar-refractivity contribution in [3.8, 4) is 0 Å². The predicted molar refractivity (Wildman–Crippen MR) is 67.6 cm³/mol. The summed E-state index contributed by atoms with van der Waals surface area (Å²) in [6.07, 6.45) is 3.69. The van der Waals surface area contributed by atoms with Crippen LogP contribution in [0.1, 0.15) is 35.9 Å². The second kappa shape index (κ2) is 6.02. The normalized spacial score (nSPS) is 17.2. The van der Waals surface area contributed by atoms with E-state index >= 15 is 0 Å². The van der Waals surface area contributed by atoms with Crippen LogP contribution in [0.2, 0.25) is 0 Å². The molecular formula is C13H20N2O3. The molecule has 1 aliphatic heterocycles. The number of carboxylic acid groups (broad SMARTS) is 1. The van der Waals surface area contributed by atoms with Crippen molar-refractivity contribution in [2.75, 3.05) is 19.6 Å². The summed E-state index contributed by atoms with van der Waals surface area (Å²) in [7, 11) is 0. The molecule has 1 saturated heterocycles. The lowest BCUT2D eigenvalue weighted by Crippen LogP contribution is -2.42. The zero-order valence-corrected chi connectivity index (χ0v) is 10.7. The molecule has 2 N–H and O–H groups in total. The molecule has 0 aliphatic carbocycles. The fourth-order valence-corrected chi connectivity index (χ4v) is 2.54. The molecule has 0 atom stereocenters. The van der Waals surface area contributed by atoms with Gasteiger partial charge in [-0.1, -0.05) is 6.92 Å². The van der Waals surface area contributed by atoms with Gasteiger partial charge in [0, 0.05) is 18.2 Å². The van der Waals surface area contributed by atoms with Gasteiger partial charge in [-0.3, -0.25) is 4.90 Å². The summed E-state index contributed by atoms with van der Waals surface area (Å²) < 4.78 is 5.02. The van der Waals surface area contributed by atoms with Gasteiger partial charge in [0.1, 0.15) is 0 Å². The Morgan fingerprint density at radius 3 is 2.89 bits per heavy atom. The van der Waals surface area contributed by atoms with E-state index in [2.05, 4.69) is 17.1 Å². The minimum absolute atomic E-state index is 0.0717. The summed E-state index contributed by atoms with van der Waals surface area (Å²) in [6.45, 7) is 5.77. The molecule has 0 unspecified atom stereocenters. The van der Waals surface area contributed by atoms with Gasteiger partial charge in [0.05, 0.1) is 6.26 Å². The molecule has 2 heterocycles. The quantitative estimate of drug-likeness (QED) is 0.832. The van der Waals surface area contributed by atoms with Crippen LogP contribution in [0.15, 0.2) is 16.7 Å². The molecule has 0 radical (unpaired) electrons. The van der Waals surface area contributed by atoms with Crippen molar-refractivity contribution in [3.63, 3.8) is 0 Å². The third-order valence-corrected chi connectivity index (χ3v) is 3.55. The number of carbonyl (C=O) groups is 1. The molecule has 0 spiro atoms. The Labute approximate surface area is 107 Å². The molecule has 1 aromatic rings. The molecule has 0 amide bonds. The predicted octanol–water partition coefficient (Wildman–Crippen LogP) is 1.55. The Hall–Kier alpha value is -1.33. The molecule has 0 aromatic carbocycles. The molecule has 2 rings (SSSR count). The lowest BCUT2D eigenvalue weighted by atomic mass is 10.0. The van der Waals surface area contributed by atoms with Gasteiger partial charge in [-0.25, -0.2) is 4.79 Å². The zero-order valence-electron chi connectivity index (χ0n) is 10.7. The average Bonchev–Trinajstić information content (AvgIpc) is 2.85. The van der Waals surface area contributed by atoms with E-state index in [4.69, 9.17) is 9.52 Å². The van der Waals surface area contributed by atoms with Crippen LogP contribution in [0.5, 0.6) is 0 Å². The van der Waals surface area contributed by atoms with Crippen molar-refractivity contribution in [3.05, 3.63) is 23.7 Å². The standard InChI is InChI=1S/C13H20N2O3/c1-2-15(11-3-6-14-7-4-11)9-10-5-8-18-12(10)13(16)17/h5,8,11,14H,2-4,6-7,9H2,1H3,(H,16,17). The number of aromatic carboxylic acids is 1. The summed E-state index contributed by atoms with van der Waals surface area (Å²) in [5, 5.41) is 12.4. The molecule has 18 heavy (non-hydrogen) atoms. The Kier molecular flexibility index (Phi) is 4.38. The van der Waals surface area contributed by atoms with Gasteiger partial charge in [0.2, 0.25) is 5.76 Å². The van der Waals surface area contributed by atoms with Gasteiger partial charge in [0.15, 0.2) is 0 Å². The first-order valence-corrected chi connectivity index (χ1v) is 6.46. The van der Waals surface area contributed by atoms with E-state index in [9.17, 15) is 4.79 Å². The van der Waals surface area contributed by atoms with Crippen LogP contribution in [-0.2, 0) is 6.54 Å². The van der Waals surface area contributed by atoms with Gasteiger partial charge < -0.3 is 14.8 Å². The largest absolute Gasteiger partial charge is 0.475 e. The first-order valence-electron chi connectivity index (χ1n) is 6.46. The van der Waals surface area contributed by atoms with E-state index in [-0.39, 0.29) is 5.76 Å². The van der Waals surface area contributed by atoms with Crippen molar-refractivity contribution < 1.29 is 14.3 Å². The maximum absolute atomic E-state index is 11.0. The topological polar surface area (TPSA) is 65.7 Å². The van der Waals surface area contributed by atoms with Crippen molar-refractivity contribution in [1.29, 1.82) is 0 Å². The summed E-state index contributed by atoms with van der Waals surface area (Å²) in [4.78, 5) is 13.3.